The van der Waals surface area contributed by atoms with Gasteiger partial charge in [0.25, 0.3) is 0 Å². The number of nitrogens with two attached hydrogens (primary N) is 1. The van der Waals surface area contributed by atoms with Crippen molar-refractivity contribution >= 4 is 11.6 Å². The average Bonchev–Trinajstić information content (AvgIpc) is 2.36. The topological polar surface area (TPSA) is 84.5 Å². The molecule has 0 radical (unpaired) electrons. The van der Waals surface area contributed by atoms with E-state index in [-0.39, 0.29) is 12.6 Å². The summed E-state index contributed by atoms with van der Waals surface area (Å²) in [7, 11) is 0. The molecule has 0 aromatic carbocycles. The lowest BCUT2D eigenvalue weighted by molar-refractivity contribution is 0.128. The van der Waals surface area contributed by atoms with Gasteiger partial charge in [-0.15, -0.1) is 0 Å². The Bertz CT molecular complexity index is 385. The van der Waals surface area contributed by atoms with Gasteiger partial charge in [0, 0.05) is 31.9 Å². The van der Waals surface area contributed by atoms with Crippen molar-refractivity contribution in [2.75, 3.05) is 30.4 Å². The fourth-order valence-electron chi connectivity index (χ4n) is 1.79. The second-order valence-electron chi connectivity index (χ2n) is 4.57. The second kappa shape index (κ2) is 7.91. The molecular weight excluding hydrogens is 244 g/mol. The van der Waals surface area contributed by atoms with Crippen molar-refractivity contribution in [2.24, 2.45) is 0 Å². The summed E-state index contributed by atoms with van der Waals surface area (Å²) in [4.78, 5) is 10.7. The lowest BCUT2D eigenvalue weighted by atomic mass is 10.2. The summed E-state index contributed by atoms with van der Waals surface area (Å²) < 4.78 is 5.31. The fourth-order valence-corrected chi connectivity index (χ4v) is 1.79. The molecule has 0 fully saturated rings. The monoisotopic (exact) mass is 268 g/mol. The van der Waals surface area contributed by atoms with E-state index in [9.17, 15) is 0 Å². The highest BCUT2D eigenvalue weighted by molar-refractivity contribution is 5.47. The predicted octanol–water partition coefficient (Wildman–Crippen LogP) is 1.19. The number of aliphatic hydroxyl groups excluding tert-OH is 1. The van der Waals surface area contributed by atoms with Gasteiger partial charge in [-0.25, -0.2) is 9.97 Å². The summed E-state index contributed by atoms with van der Waals surface area (Å²) in [5.41, 5.74) is 5.82. The molecule has 0 aliphatic rings. The van der Waals surface area contributed by atoms with E-state index in [2.05, 4.69) is 28.7 Å². The van der Waals surface area contributed by atoms with Crippen molar-refractivity contribution in [3.8, 4) is 0 Å². The van der Waals surface area contributed by atoms with Gasteiger partial charge in [0.2, 0.25) is 0 Å². The Hall–Kier alpha value is -1.40. The summed E-state index contributed by atoms with van der Waals surface area (Å²) >= 11 is 0. The molecule has 3 N–H and O–H groups in total. The van der Waals surface area contributed by atoms with Crippen molar-refractivity contribution in [3.05, 3.63) is 11.9 Å². The molecule has 108 valence electrons. The van der Waals surface area contributed by atoms with E-state index in [0.717, 1.165) is 12.4 Å². The maximum Gasteiger partial charge on any atom is 0.158 e. The molecular formula is C13H24N4O2. The van der Waals surface area contributed by atoms with Gasteiger partial charge in [-0.1, -0.05) is 0 Å². The SMILES string of the molecule is CCOCc1nc(N)cc(N(CCCO)C(C)C)n1. The zero-order chi connectivity index (χ0) is 14.3. The van der Waals surface area contributed by atoms with E-state index in [0.29, 0.717) is 31.3 Å². The highest BCUT2D eigenvalue weighted by Gasteiger charge is 2.13. The molecule has 0 spiro atoms. The minimum absolute atomic E-state index is 0.162. The molecule has 1 aromatic heterocycles. The molecule has 1 rings (SSSR count). The minimum atomic E-state index is 0.162. The van der Waals surface area contributed by atoms with Crippen molar-refractivity contribution in [3.63, 3.8) is 0 Å². The third kappa shape index (κ3) is 5.00. The minimum Gasteiger partial charge on any atom is -0.396 e. The first kappa shape index (κ1) is 15.7. The Balaban J connectivity index is 2.91. The van der Waals surface area contributed by atoms with Crippen LogP contribution in [0.3, 0.4) is 0 Å². The van der Waals surface area contributed by atoms with Crippen LogP contribution < -0.4 is 10.6 Å². The average molecular weight is 268 g/mol. The van der Waals surface area contributed by atoms with Gasteiger partial charge in [-0.2, -0.15) is 0 Å². The van der Waals surface area contributed by atoms with Gasteiger partial charge in [0.1, 0.15) is 18.2 Å². The van der Waals surface area contributed by atoms with Crippen LogP contribution in [0, 0.1) is 0 Å². The van der Waals surface area contributed by atoms with Crippen molar-refractivity contribution < 1.29 is 9.84 Å². The van der Waals surface area contributed by atoms with Crippen LogP contribution in [-0.2, 0) is 11.3 Å². The molecule has 0 bridgehead atoms. The van der Waals surface area contributed by atoms with Crippen LogP contribution in [0.15, 0.2) is 6.07 Å². The predicted molar refractivity (Wildman–Crippen MR) is 76.0 cm³/mol. The zero-order valence-corrected chi connectivity index (χ0v) is 12.0. The Kier molecular flexibility index (Phi) is 6.52. The molecule has 0 saturated carbocycles. The van der Waals surface area contributed by atoms with Crippen molar-refractivity contribution in [2.45, 2.75) is 39.8 Å². The number of hydrogen-bond acceptors (Lipinski definition) is 6. The first-order valence-electron chi connectivity index (χ1n) is 6.67. The number of aliphatic hydroxyl groups is 1. The smallest absolute Gasteiger partial charge is 0.158 e. The number of nitrogen functional groups attached to an aromatic ring is 1. The number of nitrogens with zero attached hydrogens (tertiary/aromatic N) is 3. The molecule has 0 saturated heterocycles. The Morgan fingerprint density at radius 3 is 2.74 bits per heavy atom. The molecule has 0 atom stereocenters. The molecule has 0 aliphatic heterocycles. The Morgan fingerprint density at radius 2 is 2.16 bits per heavy atom. The highest BCUT2D eigenvalue weighted by Crippen LogP contribution is 2.17. The van der Waals surface area contributed by atoms with Crippen LogP contribution in [0.2, 0.25) is 0 Å². The third-order valence-electron chi connectivity index (χ3n) is 2.69. The van der Waals surface area contributed by atoms with E-state index >= 15 is 0 Å². The summed E-state index contributed by atoms with van der Waals surface area (Å²) in [6.07, 6.45) is 0.697. The Morgan fingerprint density at radius 1 is 1.42 bits per heavy atom. The van der Waals surface area contributed by atoms with Crippen LogP contribution in [0.1, 0.15) is 33.0 Å². The molecule has 6 heteroatoms. The van der Waals surface area contributed by atoms with E-state index in [4.69, 9.17) is 15.6 Å². The summed E-state index contributed by atoms with van der Waals surface area (Å²) in [6.45, 7) is 7.96. The number of ether oxygens (including phenoxy) is 1. The maximum atomic E-state index is 8.97. The van der Waals surface area contributed by atoms with Gasteiger partial charge in [-0.05, 0) is 27.2 Å². The van der Waals surface area contributed by atoms with Crippen molar-refractivity contribution in [1.82, 2.24) is 9.97 Å². The number of anilines is 2. The van der Waals surface area contributed by atoms with E-state index in [1.807, 2.05) is 6.92 Å². The van der Waals surface area contributed by atoms with E-state index in [1.165, 1.54) is 0 Å². The molecule has 0 unspecified atom stereocenters. The summed E-state index contributed by atoms with van der Waals surface area (Å²) in [5.74, 6) is 1.81. The lowest BCUT2D eigenvalue weighted by Gasteiger charge is -2.28. The number of rotatable bonds is 8. The van der Waals surface area contributed by atoms with Gasteiger partial charge in [0.15, 0.2) is 5.82 Å². The second-order valence-corrected chi connectivity index (χ2v) is 4.57. The van der Waals surface area contributed by atoms with Crippen LogP contribution >= 0.6 is 0 Å². The van der Waals surface area contributed by atoms with Gasteiger partial charge in [-0.3, -0.25) is 0 Å². The molecule has 0 aliphatic carbocycles. The molecule has 6 nitrogen and oxygen atoms in total. The van der Waals surface area contributed by atoms with Gasteiger partial charge >= 0.3 is 0 Å². The lowest BCUT2D eigenvalue weighted by Crippen LogP contribution is -2.33. The molecule has 0 amide bonds. The zero-order valence-electron chi connectivity index (χ0n) is 12.0. The van der Waals surface area contributed by atoms with E-state index in [1.54, 1.807) is 6.07 Å². The summed E-state index contributed by atoms with van der Waals surface area (Å²) in [5, 5.41) is 8.97. The molecule has 1 heterocycles. The van der Waals surface area contributed by atoms with Gasteiger partial charge in [0.05, 0.1) is 0 Å². The molecule has 19 heavy (non-hydrogen) atoms. The number of hydrogen-bond donors (Lipinski definition) is 2. The van der Waals surface area contributed by atoms with Crippen LogP contribution in [0.25, 0.3) is 0 Å². The van der Waals surface area contributed by atoms with Crippen LogP contribution in [-0.4, -0.2) is 40.9 Å². The largest absolute Gasteiger partial charge is 0.396 e. The quantitative estimate of drug-likeness (QED) is 0.737. The van der Waals surface area contributed by atoms with Gasteiger partial charge < -0.3 is 20.5 Å². The maximum absolute atomic E-state index is 8.97. The summed E-state index contributed by atoms with van der Waals surface area (Å²) in [6, 6.07) is 2.04. The van der Waals surface area contributed by atoms with Crippen LogP contribution in [0.5, 0.6) is 0 Å². The highest BCUT2D eigenvalue weighted by atomic mass is 16.5. The standard InChI is InChI=1S/C13H24N4O2/c1-4-19-9-12-15-11(14)8-13(16-12)17(10(2)3)6-5-7-18/h8,10,18H,4-7,9H2,1-3H3,(H2,14,15,16). The van der Waals surface area contributed by atoms with Crippen molar-refractivity contribution in [1.29, 1.82) is 0 Å². The first-order chi connectivity index (χ1) is 9.08. The number of aromatic nitrogens is 2. The van der Waals surface area contributed by atoms with Crippen LogP contribution in [0.4, 0.5) is 11.6 Å². The Labute approximate surface area is 114 Å². The van der Waals surface area contributed by atoms with E-state index < -0.39 is 0 Å². The third-order valence-corrected chi connectivity index (χ3v) is 2.69. The fraction of sp³-hybridized carbons (Fsp3) is 0.692. The normalized spacial score (nSPS) is 11.0. The molecule has 1 aromatic rings. The first-order valence-corrected chi connectivity index (χ1v) is 6.67.